The van der Waals surface area contributed by atoms with Crippen molar-refractivity contribution in [2.75, 3.05) is 11.9 Å². The van der Waals surface area contributed by atoms with Crippen molar-refractivity contribution in [1.82, 2.24) is 9.97 Å². The van der Waals surface area contributed by atoms with Crippen molar-refractivity contribution in [1.29, 1.82) is 0 Å². The maximum absolute atomic E-state index is 13.5. The van der Waals surface area contributed by atoms with Crippen molar-refractivity contribution < 1.29 is 17.9 Å². The zero-order valence-corrected chi connectivity index (χ0v) is 15.8. The zero-order valence-electron chi connectivity index (χ0n) is 15.8. The number of rotatable bonds is 4. The van der Waals surface area contributed by atoms with E-state index in [1.807, 2.05) is 26.0 Å². The minimum absolute atomic E-state index is 0.0885. The highest BCUT2D eigenvalue weighted by Gasteiger charge is 2.37. The van der Waals surface area contributed by atoms with E-state index in [2.05, 4.69) is 9.97 Å². The third-order valence-electron chi connectivity index (χ3n) is 3.69. The predicted octanol–water partition coefficient (Wildman–Crippen LogP) is 5.56. The molecule has 0 aliphatic carbocycles. The molecule has 0 saturated heterocycles. The van der Waals surface area contributed by atoms with Crippen LogP contribution in [0.3, 0.4) is 0 Å². The monoisotopic (exact) mass is 367 g/mol. The number of para-hydroxylation sites is 1. The van der Waals surface area contributed by atoms with Crippen LogP contribution in [-0.4, -0.2) is 22.6 Å². The summed E-state index contributed by atoms with van der Waals surface area (Å²) in [4.78, 5) is 9.26. The van der Waals surface area contributed by atoms with E-state index in [0.717, 1.165) is 11.8 Å². The van der Waals surface area contributed by atoms with E-state index in [4.69, 9.17) is 4.74 Å². The number of nitrogens with zero attached hydrogens (tertiary/aromatic N) is 3. The van der Waals surface area contributed by atoms with Crippen molar-refractivity contribution in [3.63, 3.8) is 0 Å². The number of anilines is 2. The molecule has 0 spiro atoms. The molecule has 2 rings (SSSR count). The van der Waals surface area contributed by atoms with Gasteiger partial charge < -0.3 is 9.64 Å². The molecule has 0 bridgehead atoms. The van der Waals surface area contributed by atoms with Gasteiger partial charge >= 0.3 is 12.2 Å². The normalized spacial score (nSPS) is 12.4. The fourth-order valence-corrected chi connectivity index (χ4v) is 2.53. The zero-order chi connectivity index (χ0) is 19.7. The van der Waals surface area contributed by atoms with Crippen LogP contribution in [0.25, 0.3) is 0 Å². The number of hydrogen-bond acceptors (Lipinski definition) is 4. The van der Waals surface area contributed by atoms with Gasteiger partial charge in [-0.1, -0.05) is 32.0 Å². The second-order valence-electron chi connectivity index (χ2n) is 7.37. The average Bonchev–Trinajstić information content (AvgIpc) is 2.51. The van der Waals surface area contributed by atoms with Crippen LogP contribution in [0, 0.1) is 0 Å². The fourth-order valence-electron chi connectivity index (χ4n) is 2.53. The summed E-state index contributed by atoms with van der Waals surface area (Å²) < 4.78 is 46.1. The third kappa shape index (κ3) is 4.65. The molecule has 2 aromatic rings. The van der Waals surface area contributed by atoms with Gasteiger partial charge in [0, 0.05) is 18.9 Å². The number of hydrogen-bond donors (Lipinski definition) is 0. The van der Waals surface area contributed by atoms with Crippen LogP contribution in [0.4, 0.5) is 24.7 Å². The van der Waals surface area contributed by atoms with E-state index in [1.54, 1.807) is 40.0 Å². The molecule has 26 heavy (non-hydrogen) atoms. The van der Waals surface area contributed by atoms with E-state index >= 15 is 0 Å². The first-order chi connectivity index (χ1) is 11.9. The Morgan fingerprint density at radius 3 is 2.23 bits per heavy atom. The molecule has 1 aromatic carbocycles. The van der Waals surface area contributed by atoms with Crippen LogP contribution in [0.5, 0.6) is 6.01 Å². The van der Waals surface area contributed by atoms with Gasteiger partial charge in [-0.3, -0.25) is 0 Å². The van der Waals surface area contributed by atoms with E-state index in [1.165, 1.54) is 4.90 Å². The highest BCUT2D eigenvalue weighted by atomic mass is 19.4. The standard InChI is InChI=1S/C19H24F3N3O/c1-12(2)13-9-7-8-10-15(13)25(6)16-14(19(20,21)22)11-23-17(24-16)26-18(3,4)5/h7-12H,1-6H3. The summed E-state index contributed by atoms with van der Waals surface area (Å²) in [5.74, 6) is -0.0880. The number of ether oxygens (including phenoxy) is 1. The van der Waals surface area contributed by atoms with Gasteiger partial charge in [0.1, 0.15) is 11.2 Å². The molecule has 0 radical (unpaired) electrons. The molecular weight excluding hydrogens is 343 g/mol. The van der Waals surface area contributed by atoms with Gasteiger partial charge in [-0.2, -0.15) is 18.2 Å². The van der Waals surface area contributed by atoms with Gasteiger partial charge in [0.05, 0.1) is 0 Å². The molecule has 4 nitrogen and oxygen atoms in total. The van der Waals surface area contributed by atoms with Crippen LogP contribution in [0.15, 0.2) is 30.5 Å². The van der Waals surface area contributed by atoms with Gasteiger partial charge in [-0.25, -0.2) is 4.98 Å². The summed E-state index contributed by atoms with van der Waals surface area (Å²) in [5, 5.41) is 0. The molecule has 1 aromatic heterocycles. The fraction of sp³-hybridized carbons (Fsp3) is 0.474. The minimum Gasteiger partial charge on any atom is -0.458 e. The Balaban J connectivity index is 2.60. The molecular formula is C19H24F3N3O. The number of halogens is 3. The Bertz CT molecular complexity index is 767. The SMILES string of the molecule is CC(C)c1ccccc1N(C)c1nc(OC(C)(C)C)ncc1C(F)(F)F. The maximum atomic E-state index is 13.5. The summed E-state index contributed by atoms with van der Waals surface area (Å²) in [6, 6.07) is 7.25. The number of alkyl halides is 3. The molecule has 0 amide bonds. The number of aromatic nitrogens is 2. The van der Waals surface area contributed by atoms with Crippen LogP contribution >= 0.6 is 0 Å². The number of benzene rings is 1. The Hall–Kier alpha value is -2.31. The van der Waals surface area contributed by atoms with Crippen LogP contribution in [0.2, 0.25) is 0 Å². The van der Waals surface area contributed by atoms with Crippen LogP contribution in [-0.2, 0) is 6.18 Å². The second-order valence-corrected chi connectivity index (χ2v) is 7.37. The lowest BCUT2D eigenvalue weighted by Crippen LogP contribution is -2.26. The Morgan fingerprint density at radius 2 is 1.69 bits per heavy atom. The smallest absolute Gasteiger partial charge is 0.421 e. The first-order valence-electron chi connectivity index (χ1n) is 8.36. The van der Waals surface area contributed by atoms with E-state index < -0.39 is 17.3 Å². The maximum Gasteiger partial charge on any atom is 0.421 e. The minimum atomic E-state index is -4.57. The molecule has 0 fully saturated rings. The predicted molar refractivity (Wildman–Crippen MR) is 96.0 cm³/mol. The van der Waals surface area contributed by atoms with E-state index in [9.17, 15) is 13.2 Å². The van der Waals surface area contributed by atoms with E-state index in [0.29, 0.717) is 5.69 Å². The molecule has 7 heteroatoms. The van der Waals surface area contributed by atoms with Gasteiger partial charge in [0.25, 0.3) is 0 Å². The molecule has 0 aliphatic heterocycles. The Kier molecular flexibility index (Phi) is 5.49. The molecule has 1 heterocycles. The van der Waals surface area contributed by atoms with Crippen molar-refractivity contribution >= 4 is 11.5 Å². The van der Waals surface area contributed by atoms with E-state index in [-0.39, 0.29) is 17.7 Å². The summed E-state index contributed by atoms with van der Waals surface area (Å²) in [6.07, 6.45) is -3.80. The largest absolute Gasteiger partial charge is 0.458 e. The topological polar surface area (TPSA) is 38.2 Å². The lowest BCUT2D eigenvalue weighted by atomic mass is 10.0. The summed E-state index contributed by atoms with van der Waals surface area (Å²) in [5.41, 5.74) is 0.0686. The van der Waals surface area contributed by atoms with Gasteiger partial charge in [0.15, 0.2) is 5.82 Å². The Labute approximate surface area is 152 Å². The second kappa shape index (κ2) is 7.13. The molecule has 0 N–H and O–H groups in total. The first kappa shape index (κ1) is 20.0. The third-order valence-corrected chi connectivity index (χ3v) is 3.69. The molecule has 0 saturated carbocycles. The summed E-state index contributed by atoms with van der Waals surface area (Å²) >= 11 is 0. The quantitative estimate of drug-likeness (QED) is 0.709. The van der Waals surface area contributed by atoms with Crippen LogP contribution < -0.4 is 9.64 Å². The van der Waals surface area contributed by atoms with Gasteiger partial charge in [0.2, 0.25) is 0 Å². The van der Waals surface area contributed by atoms with Crippen molar-refractivity contribution in [3.05, 3.63) is 41.6 Å². The summed E-state index contributed by atoms with van der Waals surface area (Å²) in [7, 11) is 1.57. The lowest BCUT2D eigenvalue weighted by Gasteiger charge is -2.27. The van der Waals surface area contributed by atoms with Crippen molar-refractivity contribution in [2.45, 2.75) is 52.3 Å². The Morgan fingerprint density at radius 1 is 1.08 bits per heavy atom. The van der Waals surface area contributed by atoms with Crippen molar-refractivity contribution in [3.8, 4) is 6.01 Å². The van der Waals surface area contributed by atoms with Crippen molar-refractivity contribution in [2.24, 2.45) is 0 Å². The molecule has 0 aliphatic rings. The van der Waals surface area contributed by atoms with Gasteiger partial charge in [-0.05, 0) is 38.3 Å². The van der Waals surface area contributed by atoms with Crippen LogP contribution in [0.1, 0.15) is 51.7 Å². The lowest BCUT2D eigenvalue weighted by molar-refractivity contribution is -0.137. The molecule has 0 unspecified atom stereocenters. The van der Waals surface area contributed by atoms with Gasteiger partial charge in [-0.15, -0.1) is 0 Å². The first-order valence-corrected chi connectivity index (χ1v) is 8.36. The summed E-state index contributed by atoms with van der Waals surface area (Å²) in [6.45, 7) is 9.33. The highest BCUT2D eigenvalue weighted by molar-refractivity contribution is 5.66. The molecule has 0 atom stereocenters. The molecule has 142 valence electrons. The highest BCUT2D eigenvalue weighted by Crippen LogP contribution is 2.39. The average molecular weight is 367 g/mol.